The molecule has 0 fully saturated rings. The van der Waals surface area contributed by atoms with Crippen LogP contribution < -0.4 is 4.74 Å². The van der Waals surface area contributed by atoms with Gasteiger partial charge >= 0.3 is 0 Å². The van der Waals surface area contributed by atoms with Crippen LogP contribution in [0.25, 0.3) is 0 Å². The van der Waals surface area contributed by atoms with E-state index in [9.17, 15) is 8.42 Å². The molecule has 0 amide bonds. The minimum atomic E-state index is -3.54. The molecule has 0 radical (unpaired) electrons. The number of sulfonamides is 1. The molecule has 1 aromatic carbocycles. The molecule has 1 unspecified atom stereocenters. The maximum absolute atomic E-state index is 12.3. The molecular weight excluding hydrogens is 290 g/mol. The molecule has 1 atom stereocenters. The summed E-state index contributed by atoms with van der Waals surface area (Å²) in [5.74, 6) is 0.608. The summed E-state index contributed by atoms with van der Waals surface area (Å²) in [7, 11) is 0.999. The summed E-state index contributed by atoms with van der Waals surface area (Å²) in [5.41, 5.74) is 0. The van der Waals surface area contributed by atoms with E-state index in [-0.39, 0.29) is 16.8 Å². The summed E-state index contributed by atoms with van der Waals surface area (Å²) in [4.78, 5) is 0.206. The second kappa shape index (κ2) is 7.09. The van der Waals surface area contributed by atoms with Crippen LogP contribution in [-0.2, 0) is 14.8 Å². The quantitative estimate of drug-likeness (QED) is 0.718. The van der Waals surface area contributed by atoms with Crippen molar-refractivity contribution >= 4 is 21.6 Å². The largest absolute Gasteiger partial charge is 0.497 e. The molecule has 1 rings (SSSR count). The first-order valence-electron chi connectivity index (χ1n) is 5.65. The molecule has 19 heavy (non-hydrogen) atoms. The van der Waals surface area contributed by atoms with Crippen LogP contribution in [0.5, 0.6) is 5.75 Å². The van der Waals surface area contributed by atoms with Crippen molar-refractivity contribution in [2.45, 2.75) is 10.3 Å². The van der Waals surface area contributed by atoms with Crippen LogP contribution in [0.1, 0.15) is 0 Å². The van der Waals surface area contributed by atoms with Gasteiger partial charge in [-0.05, 0) is 24.3 Å². The zero-order valence-corrected chi connectivity index (χ0v) is 12.7. The van der Waals surface area contributed by atoms with Gasteiger partial charge in [-0.2, -0.15) is 4.31 Å². The Balaban J connectivity index is 2.83. The van der Waals surface area contributed by atoms with E-state index >= 15 is 0 Å². The number of alkyl halides is 1. The Kier molecular flexibility index (Phi) is 6.06. The smallest absolute Gasteiger partial charge is 0.242 e. The van der Waals surface area contributed by atoms with Crippen LogP contribution in [-0.4, -0.2) is 52.5 Å². The second-order valence-corrected chi connectivity index (χ2v) is 6.68. The van der Waals surface area contributed by atoms with Crippen molar-refractivity contribution in [3.05, 3.63) is 24.3 Å². The Morgan fingerprint density at radius 3 is 2.32 bits per heavy atom. The molecule has 0 aliphatic heterocycles. The van der Waals surface area contributed by atoms with Crippen molar-refractivity contribution in [2.24, 2.45) is 0 Å². The van der Waals surface area contributed by atoms with Crippen molar-refractivity contribution < 1.29 is 17.9 Å². The molecule has 5 nitrogen and oxygen atoms in total. The molecule has 0 bridgehead atoms. The average molecular weight is 308 g/mol. The number of halogens is 1. The lowest BCUT2D eigenvalue weighted by Crippen LogP contribution is -2.33. The zero-order chi connectivity index (χ0) is 14.5. The van der Waals surface area contributed by atoms with E-state index in [2.05, 4.69) is 0 Å². The third kappa shape index (κ3) is 4.35. The number of rotatable bonds is 7. The first-order valence-corrected chi connectivity index (χ1v) is 7.53. The van der Waals surface area contributed by atoms with Gasteiger partial charge in [-0.3, -0.25) is 0 Å². The molecule has 0 aliphatic carbocycles. The highest BCUT2D eigenvalue weighted by Crippen LogP contribution is 2.19. The van der Waals surface area contributed by atoms with Crippen molar-refractivity contribution in [3.8, 4) is 5.75 Å². The monoisotopic (exact) mass is 307 g/mol. The highest BCUT2D eigenvalue weighted by atomic mass is 35.5. The fraction of sp³-hybridized carbons (Fsp3) is 0.500. The van der Waals surface area contributed by atoms with E-state index in [4.69, 9.17) is 21.1 Å². The Hall–Kier alpha value is -0.820. The van der Waals surface area contributed by atoms with Crippen LogP contribution in [0, 0.1) is 0 Å². The average Bonchev–Trinajstić information content (AvgIpc) is 2.39. The van der Waals surface area contributed by atoms with Gasteiger partial charge in [-0.25, -0.2) is 8.42 Å². The van der Waals surface area contributed by atoms with Gasteiger partial charge in [0.15, 0.2) is 0 Å². The van der Waals surface area contributed by atoms with Crippen LogP contribution in [0.15, 0.2) is 29.2 Å². The van der Waals surface area contributed by atoms with Crippen LogP contribution >= 0.6 is 11.6 Å². The predicted octanol–water partition coefficient (Wildman–Crippen LogP) is 1.57. The molecule has 0 N–H and O–H groups in total. The number of methoxy groups -OCH3 is 2. The molecule has 0 saturated carbocycles. The van der Waals surface area contributed by atoms with E-state index < -0.39 is 10.0 Å². The van der Waals surface area contributed by atoms with E-state index in [1.807, 2.05) is 0 Å². The summed E-state index contributed by atoms with van der Waals surface area (Å²) < 4.78 is 35.6. The Morgan fingerprint density at radius 2 is 1.84 bits per heavy atom. The minimum absolute atomic E-state index is 0.184. The van der Waals surface area contributed by atoms with Crippen LogP contribution in [0.2, 0.25) is 0 Å². The van der Waals surface area contributed by atoms with Gasteiger partial charge < -0.3 is 9.47 Å². The van der Waals surface area contributed by atoms with Gasteiger partial charge in [0, 0.05) is 20.7 Å². The minimum Gasteiger partial charge on any atom is -0.497 e. The topological polar surface area (TPSA) is 55.8 Å². The number of ether oxygens (including phenoxy) is 2. The third-order valence-corrected chi connectivity index (χ3v) is 4.67. The summed E-state index contributed by atoms with van der Waals surface area (Å²) in [6, 6.07) is 6.22. The molecular formula is C12H18ClNO4S. The van der Waals surface area contributed by atoms with Gasteiger partial charge in [0.2, 0.25) is 10.0 Å². The second-order valence-electron chi connectivity index (χ2n) is 4.01. The molecule has 7 heteroatoms. The summed E-state index contributed by atoms with van der Waals surface area (Å²) in [6.07, 6.45) is 0. The van der Waals surface area contributed by atoms with Gasteiger partial charge in [-0.15, -0.1) is 11.6 Å². The molecule has 0 aliphatic rings. The predicted molar refractivity (Wildman–Crippen MR) is 74.3 cm³/mol. The van der Waals surface area contributed by atoms with E-state index in [1.54, 1.807) is 12.1 Å². The SMILES string of the molecule is COCC(Cl)CN(C)S(=O)(=O)c1ccc(OC)cc1. The first kappa shape index (κ1) is 16.2. The first-order chi connectivity index (χ1) is 8.91. The summed E-state index contributed by atoms with van der Waals surface area (Å²) in [6.45, 7) is 0.480. The van der Waals surface area contributed by atoms with Crippen molar-refractivity contribution in [2.75, 3.05) is 34.4 Å². The van der Waals surface area contributed by atoms with Crippen molar-refractivity contribution in [3.63, 3.8) is 0 Å². The lowest BCUT2D eigenvalue weighted by molar-refractivity contribution is 0.192. The highest BCUT2D eigenvalue weighted by Gasteiger charge is 2.23. The molecule has 0 spiro atoms. The van der Waals surface area contributed by atoms with Gasteiger partial charge in [-0.1, -0.05) is 0 Å². The number of hydrogen-bond donors (Lipinski definition) is 0. The fourth-order valence-corrected chi connectivity index (χ4v) is 3.17. The van der Waals surface area contributed by atoms with Crippen molar-refractivity contribution in [1.82, 2.24) is 4.31 Å². The zero-order valence-electron chi connectivity index (χ0n) is 11.2. The van der Waals surface area contributed by atoms with Crippen LogP contribution in [0.3, 0.4) is 0 Å². The van der Waals surface area contributed by atoms with Gasteiger partial charge in [0.05, 0.1) is 24.0 Å². The highest BCUT2D eigenvalue weighted by molar-refractivity contribution is 7.89. The standard InChI is InChI=1S/C12H18ClNO4S/c1-14(8-10(13)9-17-2)19(15,16)12-6-4-11(18-3)5-7-12/h4-7,10H,8-9H2,1-3H3. The maximum Gasteiger partial charge on any atom is 0.242 e. The molecule has 0 saturated heterocycles. The van der Waals surface area contributed by atoms with Gasteiger partial charge in [0.25, 0.3) is 0 Å². The lowest BCUT2D eigenvalue weighted by Gasteiger charge is -2.19. The Morgan fingerprint density at radius 1 is 1.26 bits per heavy atom. The number of benzene rings is 1. The summed E-state index contributed by atoms with van der Waals surface area (Å²) >= 11 is 5.97. The molecule has 0 aromatic heterocycles. The number of nitrogens with zero attached hydrogens (tertiary/aromatic N) is 1. The molecule has 108 valence electrons. The number of hydrogen-bond acceptors (Lipinski definition) is 4. The van der Waals surface area contributed by atoms with Crippen LogP contribution in [0.4, 0.5) is 0 Å². The fourth-order valence-electron chi connectivity index (χ4n) is 1.54. The normalized spacial score (nSPS) is 13.5. The van der Waals surface area contributed by atoms with Gasteiger partial charge in [0.1, 0.15) is 5.75 Å². The van der Waals surface area contributed by atoms with E-state index in [1.165, 1.54) is 37.7 Å². The maximum atomic E-state index is 12.3. The Labute approximate surface area is 119 Å². The van der Waals surface area contributed by atoms with E-state index in [0.29, 0.717) is 12.4 Å². The van der Waals surface area contributed by atoms with Crippen molar-refractivity contribution in [1.29, 1.82) is 0 Å². The Bertz CT molecular complexity index is 489. The lowest BCUT2D eigenvalue weighted by atomic mass is 10.3. The molecule has 1 aromatic rings. The third-order valence-electron chi connectivity index (χ3n) is 2.57. The van der Waals surface area contributed by atoms with E-state index in [0.717, 1.165) is 0 Å². The molecule has 0 heterocycles. The summed E-state index contributed by atoms with van der Waals surface area (Å²) in [5, 5.41) is -0.386.